The van der Waals surface area contributed by atoms with E-state index < -0.39 is 13.5 Å². The van der Waals surface area contributed by atoms with Crippen LogP contribution >= 0.6 is 21.2 Å². The van der Waals surface area contributed by atoms with Crippen LogP contribution in [0.4, 0.5) is 0 Å². The van der Waals surface area contributed by atoms with Crippen molar-refractivity contribution < 1.29 is 13.5 Å². The minimum atomic E-state index is -1.82. The molecule has 0 bridgehead atoms. The van der Waals surface area contributed by atoms with Crippen molar-refractivity contribution in [2.75, 3.05) is 0 Å². The van der Waals surface area contributed by atoms with E-state index in [1.54, 1.807) is 0 Å². The summed E-state index contributed by atoms with van der Waals surface area (Å²) in [6.07, 6.45) is 1.10. The van der Waals surface area contributed by atoms with Gasteiger partial charge >= 0.3 is 82.1 Å². The van der Waals surface area contributed by atoms with Crippen LogP contribution in [0, 0.1) is 0 Å². The molecule has 0 aliphatic carbocycles. The van der Waals surface area contributed by atoms with Crippen LogP contribution < -0.4 is 4.16 Å². The average Bonchev–Trinajstić information content (AvgIpc) is 2.04. The molecule has 0 aliphatic rings. The average molecular weight is 237 g/mol. The van der Waals surface area contributed by atoms with Gasteiger partial charge in [-0.15, -0.1) is 0 Å². The Kier molecular flexibility index (Phi) is 3.97. The van der Waals surface area contributed by atoms with E-state index in [4.69, 9.17) is 0 Å². The molecule has 0 aliphatic heterocycles. The maximum absolute atomic E-state index is 4.48. The van der Waals surface area contributed by atoms with E-state index >= 15 is 0 Å². The fourth-order valence-electron chi connectivity index (χ4n) is 1.21. The van der Waals surface area contributed by atoms with Crippen molar-refractivity contribution in [2.24, 2.45) is 0 Å². The third-order valence-electron chi connectivity index (χ3n) is 1.84. The summed E-state index contributed by atoms with van der Waals surface area (Å²) in [4.78, 5) is 0. The van der Waals surface area contributed by atoms with Crippen molar-refractivity contribution in [3.05, 3.63) is 29.8 Å². The Morgan fingerprint density at radius 1 is 1.27 bits per heavy atom. The second-order valence-electron chi connectivity index (χ2n) is 2.58. The first-order valence-electron chi connectivity index (χ1n) is 3.87. The molecule has 0 saturated carbocycles. The summed E-state index contributed by atoms with van der Waals surface area (Å²) in [6.45, 7) is 2.17. The zero-order chi connectivity index (χ0) is 8.27. The first-order valence-corrected chi connectivity index (χ1v) is 14.6. The molecule has 0 unspecified atom stereocenters. The fraction of sp³-hybridized carbons (Fsp3) is 0.250. The first-order chi connectivity index (χ1) is 5.25. The van der Waals surface area contributed by atoms with Gasteiger partial charge < -0.3 is 0 Å². The van der Waals surface area contributed by atoms with Crippen LogP contribution in [-0.2, 0) is 19.9 Å². The molecule has 0 heterocycles. The summed E-state index contributed by atoms with van der Waals surface area (Å²) in [7, 11) is 8.97. The van der Waals surface area contributed by atoms with Gasteiger partial charge in [-0.3, -0.25) is 0 Å². The Morgan fingerprint density at radius 3 is 2.36 bits per heavy atom. The molecule has 0 atom stereocenters. The van der Waals surface area contributed by atoms with Gasteiger partial charge in [0.25, 0.3) is 0 Å². The van der Waals surface area contributed by atoms with E-state index in [1.807, 2.05) is 0 Å². The summed E-state index contributed by atoms with van der Waals surface area (Å²) < 4.78 is 1.43. The van der Waals surface area contributed by atoms with Gasteiger partial charge in [0, 0.05) is 0 Å². The van der Waals surface area contributed by atoms with Crippen molar-refractivity contribution in [1.29, 1.82) is 0 Å². The summed E-state index contributed by atoms with van der Waals surface area (Å²) in [5.74, 6) is 0. The van der Waals surface area contributed by atoms with Crippen LogP contribution in [0.15, 0.2) is 24.3 Å². The minimum absolute atomic E-state index is 1.10. The molecule has 1 aromatic carbocycles. The van der Waals surface area contributed by atoms with Crippen molar-refractivity contribution in [3.63, 3.8) is 0 Å². The second kappa shape index (κ2) is 4.54. The molecule has 0 nitrogen and oxygen atoms in total. The van der Waals surface area contributed by atoms with E-state index in [1.165, 1.54) is 9.72 Å². The zero-order valence-corrected chi connectivity index (χ0v) is 11.4. The number of benzene rings is 1. The Labute approximate surface area is 81.8 Å². The summed E-state index contributed by atoms with van der Waals surface area (Å²) in [5, 5.41) is 0. The monoisotopic (exact) mass is 235 g/mol. The quantitative estimate of drug-likeness (QED) is 0.571. The standard InChI is InChI=1S/C8H9.2H2S.Zn/c1-2-8-6-4-3-5-7-8;;;/h3-6H,2H2,1H3;2*1H2;/q;;;+2/p-2. The van der Waals surface area contributed by atoms with Gasteiger partial charge in [-0.2, -0.15) is 0 Å². The van der Waals surface area contributed by atoms with Gasteiger partial charge in [-0.1, -0.05) is 0 Å². The Morgan fingerprint density at radius 2 is 1.91 bits per heavy atom. The number of hydrogen-bond donors (Lipinski definition) is 2. The van der Waals surface area contributed by atoms with Crippen molar-refractivity contribution in [1.82, 2.24) is 0 Å². The summed E-state index contributed by atoms with van der Waals surface area (Å²) >= 11 is -1.82. The van der Waals surface area contributed by atoms with E-state index in [0.717, 1.165) is 6.42 Å². The molecular formula is C8H11S2Zn. The van der Waals surface area contributed by atoms with Crippen LogP contribution in [0.3, 0.4) is 0 Å². The van der Waals surface area contributed by atoms with Crippen LogP contribution in [0.1, 0.15) is 12.5 Å². The maximum atomic E-state index is 4.48. The van der Waals surface area contributed by atoms with E-state index in [2.05, 4.69) is 52.4 Å². The predicted octanol–water partition coefficient (Wildman–Crippen LogP) is 2.18. The van der Waals surface area contributed by atoms with Crippen LogP contribution in [-0.4, -0.2) is 0 Å². The molecule has 0 fully saturated rings. The molecule has 0 N–H and O–H groups in total. The summed E-state index contributed by atoms with van der Waals surface area (Å²) in [5.41, 5.74) is 1.43. The van der Waals surface area contributed by atoms with E-state index in [-0.39, 0.29) is 0 Å². The topological polar surface area (TPSA) is 0 Å². The number of hydrogen-bond acceptors (Lipinski definition) is 2. The number of thiol groups is 2. The second-order valence-corrected chi connectivity index (χ2v) is 15.3. The molecule has 11 heavy (non-hydrogen) atoms. The number of rotatable bonds is 2. The molecule has 1 rings (SSSR count). The third kappa shape index (κ3) is 2.50. The van der Waals surface area contributed by atoms with Crippen LogP contribution in [0.2, 0.25) is 0 Å². The Bertz CT molecular complexity index is 235. The van der Waals surface area contributed by atoms with Crippen molar-refractivity contribution in [3.8, 4) is 0 Å². The van der Waals surface area contributed by atoms with Crippen molar-refractivity contribution >= 4 is 25.4 Å². The molecule has 0 radical (unpaired) electrons. The van der Waals surface area contributed by atoms with Crippen LogP contribution in [0.25, 0.3) is 0 Å². The number of aryl methyl sites for hydroxylation is 1. The van der Waals surface area contributed by atoms with Crippen LogP contribution in [0.5, 0.6) is 0 Å². The van der Waals surface area contributed by atoms with Crippen molar-refractivity contribution in [2.45, 2.75) is 13.3 Å². The van der Waals surface area contributed by atoms with Gasteiger partial charge in [0.15, 0.2) is 0 Å². The molecule has 3 heteroatoms. The van der Waals surface area contributed by atoms with Gasteiger partial charge in [-0.25, -0.2) is 0 Å². The van der Waals surface area contributed by atoms with Gasteiger partial charge in [0.05, 0.1) is 0 Å². The van der Waals surface area contributed by atoms with E-state index in [0.29, 0.717) is 0 Å². The molecule has 1 aromatic rings. The molecule has 57 valence electrons. The third-order valence-corrected chi connectivity index (χ3v) is 8.26. The Hall–Kier alpha value is 0.543. The van der Waals surface area contributed by atoms with E-state index in [9.17, 15) is 0 Å². The fourth-order valence-corrected chi connectivity index (χ4v) is 6.77. The molecule has 0 aromatic heterocycles. The Balaban J connectivity index is 3.02. The molecule has 0 saturated heterocycles. The normalized spacial score (nSPS) is 9.73. The van der Waals surface area contributed by atoms with Gasteiger partial charge in [0.1, 0.15) is 0 Å². The SMILES string of the molecule is CCc1cccc[c]1[Zn]([SH])[SH]. The summed E-state index contributed by atoms with van der Waals surface area (Å²) in [6, 6.07) is 8.49. The predicted molar refractivity (Wildman–Crippen MR) is 53.4 cm³/mol. The van der Waals surface area contributed by atoms with Gasteiger partial charge in [0.2, 0.25) is 0 Å². The zero-order valence-electron chi connectivity index (χ0n) is 6.62. The van der Waals surface area contributed by atoms with Gasteiger partial charge in [-0.05, 0) is 0 Å². The first kappa shape index (κ1) is 9.63. The molecule has 0 amide bonds. The molecular weight excluding hydrogens is 226 g/mol. The molecule has 0 spiro atoms.